The fourth-order valence-corrected chi connectivity index (χ4v) is 5.19. The minimum atomic E-state index is -4.86. The molecular formula is C28H24F5N3O4. The van der Waals surface area contributed by atoms with Gasteiger partial charge in [0.2, 0.25) is 0 Å². The average Bonchev–Trinajstić information content (AvgIpc) is 2.91. The highest BCUT2D eigenvalue weighted by molar-refractivity contribution is 6.13. The maximum Gasteiger partial charge on any atom is 0.573 e. The lowest BCUT2D eigenvalue weighted by Crippen LogP contribution is -2.64. The van der Waals surface area contributed by atoms with Crippen LogP contribution in [-0.4, -0.2) is 49.0 Å². The van der Waals surface area contributed by atoms with Crippen LogP contribution in [0.1, 0.15) is 39.1 Å². The van der Waals surface area contributed by atoms with Gasteiger partial charge in [-0.3, -0.25) is 14.6 Å². The Labute approximate surface area is 226 Å². The zero-order valence-corrected chi connectivity index (χ0v) is 21.2. The third-order valence-electron chi connectivity index (χ3n) is 7.07. The number of carbonyl (C=O) groups excluding carboxylic acids is 2. The van der Waals surface area contributed by atoms with E-state index in [1.165, 1.54) is 48.4 Å². The molecule has 1 N–H and O–H groups in total. The van der Waals surface area contributed by atoms with E-state index in [0.29, 0.717) is 49.4 Å². The highest BCUT2D eigenvalue weighted by Gasteiger charge is 2.47. The Bertz CT molecular complexity index is 1440. The Morgan fingerprint density at radius 1 is 0.975 bits per heavy atom. The van der Waals surface area contributed by atoms with Gasteiger partial charge in [0, 0.05) is 43.9 Å². The van der Waals surface area contributed by atoms with Gasteiger partial charge in [-0.25, -0.2) is 13.6 Å². The Hall–Kier alpha value is -4.19. The number of rotatable bonds is 5. The average molecular weight is 562 g/mol. The number of fused-ring (bicyclic) bond motifs is 1. The quantitative estimate of drug-likeness (QED) is 0.318. The van der Waals surface area contributed by atoms with Crippen LogP contribution < -0.4 is 15.0 Å². The summed E-state index contributed by atoms with van der Waals surface area (Å²) >= 11 is 0. The maximum absolute atomic E-state index is 13.9. The van der Waals surface area contributed by atoms with Gasteiger partial charge >= 0.3 is 12.3 Å². The SMILES string of the molecule is COC(=O)c1ccc2c(c1)NC1(CCN(Cc3ccc(F)c(F)c3)CC1)N(c1ccc(OC(F)(F)F)cc1)C2=O. The number of hydrogen-bond donors (Lipinski definition) is 1. The second kappa shape index (κ2) is 10.4. The summed E-state index contributed by atoms with van der Waals surface area (Å²) in [7, 11) is 1.25. The van der Waals surface area contributed by atoms with E-state index in [0.717, 1.165) is 24.3 Å². The third-order valence-corrected chi connectivity index (χ3v) is 7.07. The molecule has 12 heteroatoms. The molecule has 40 heavy (non-hydrogen) atoms. The molecule has 2 aliphatic rings. The van der Waals surface area contributed by atoms with Crippen molar-refractivity contribution in [1.29, 1.82) is 0 Å². The van der Waals surface area contributed by atoms with Crippen molar-refractivity contribution < 1.29 is 41.0 Å². The fraction of sp³-hybridized carbons (Fsp3) is 0.286. The molecule has 5 rings (SSSR count). The normalized spacial score (nSPS) is 16.9. The molecule has 0 radical (unpaired) electrons. The molecule has 0 aromatic heterocycles. The second-order valence-corrected chi connectivity index (χ2v) is 9.62. The molecule has 0 aliphatic carbocycles. The van der Waals surface area contributed by atoms with Crippen molar-refractivity contribution in [3.8, 4) is 5.75 Å². The van der Waals surface area contributed by atoms with Crippen LogP contribution in [0.2, 0.25) is 0 Å². The van der Waals surface area contributed by atoms with Crippen molar-refractivity contribution in [2.45, 2.75) is 31.4 Å². The van der Waals surface area contributed by atoms with Gasteiger partial charge in [-0.05, 0) is 60.2 Å². The standard InChI is InChI=1S/C28H24F5N3O4/c1-39-26(38)18-3-8-21-24(15-18)34-27(10-12-35(13-11-27)16-17-2-9-22(29)23(30)14-17)36(25(21)37)19-4-6-20(7-5-19)40-28(31,32)33/h2-9,14-15,34H,10-13,16H2,1H3. The highest BCUT2D eigenvalue weighted by atomic mass is 19.4. The van der Waals surface area contributed by atoms with Gasteiger partial charge < -0.3 is 14.8 Å². The van der Waals surface area contributed by atoms with Gasteiger partial charge in [0.05, 0.1) is 18.2 Å². The number of halogens is 5. The van der Waals surface area contributed by atoms with Gasteiger partial charge in [0.25, 0.3) is 5.91 Å². The molecule has 1 spiro atoms. The first-order valence-corrected chi connectivity index (χ1v) is 12.4. The number of hydrogen-bond acceptors (Lipinski definition) is 6. The topological polar surface area (TPSA) is 71.1 Å². The minimum Gasteiger partial charge on any atom is -0.465 e. The van der Waals surface area contributed by atoms with Crippen LogP contribution in [0, 0.1) is 11.6 Å². The number of nitrogens with one attached hydrogen (secondary N) is 1. The summed E-state index contributed by atoms with van der Waals surface area (Å²) < 4.78 is 73.9. The van der Waals surface area contributed by atoms with Gasteiger partial charge in [0.1, 0.15) is 11.4 Å². The van der Waals surface area contributed by atoms with E-state index in [4.69, 9.17) is 4.74 Å². The molecule has 0 bridgehead atoms. The summed E-state index contributed by atoms with van der Waals surface area (Å²) in [5.41, 5.74) is 0.898. The van der Waals surface area contributed by atoms with Crippen LogP contribution in [0.4, 0.5) is 33.3 Å². The van der Waals surface area contributed by atoms with E-state index in [-0.39, 0.29) is 11.1 Å². The number of likely N-dealkylation sites (tertiary alicyclic amines) is 1. The zero-order valence-electron chi connectivity index (χ0n) is 21.2. The molecule has 2 aliphatic heterocycles. The van der Waals surface area contributed by atoms with Gasteiger partial charge in [0.15, 0.2) is 11.6 Å². The van der Waals surface area contributed by atoms with E-state index in [9.17, 15) is 31.5 Å². The summed E-state index contributed by atoms with van der Waals surface area (Å²) in [6.07, 6.45) is -4.10. The smallest absolute Gasteiger partial charge is 0.465 e. The molecule has 0 unspecified atom stereocenters. The van der Waals surface area contributed by atoms with Crippen LogP contribution in [-0.2, 0) is 11.3 Å². The van der Waals surface area contributed by atoms with Crippen LogP contribution in [0.25, 0.3) is 0 Å². The Morgan fingerprint density at radius 2 is 1.68 bits per heavy atom. The first-order valence-electron chi connectivity index (χ1n) is 12.4. The van der Waals surface area contributed by atoms with Crippen LogP contribution in [0.3, 0.4) is 0 Å². The van der Waals surface area contributed by atoms with Crippen molar-refractivity contribution >= 4 is 23.3 Å². The van der Waals surface area contributed by atoms with Gasteiger partial charge in [-0.1, -0.05) is 6.07 Å². The summed E-state index contributed by atoms with van der Waals surface area (Å²) in [5, 5.41) is 3.41. The molecule has 3 aromatic rings. The van der Waals surface area contributed by atoms with Crippen molar-refractivity contribution in [2.75, 3.05) is 30.4 Å². The second-order valence-electron chi connectivity index (χ2n) is 9.62. The number of alkyl halides is 3. The predicted molar refractivity (Wildman–Crippen MR) is 135 cm³/mol. The summed E-state index contributed by atoms with van der Waals surface area (Å²) in [6, 6.07) is 13.2. The molecule has 1 fully saturated rings. The van der Waals surface area contributed by atoms with Gasteiger partial charge in [-0.15, -0.1) is 13.2 Å². The Balaban J connectivity index is 1.46. The number of esters is 1. The number of ether oxygens (including phenoxy) is 2. The summed E-state index contributed by atoms with van der Waals surface area (Å²) in [6.45, 7) is 1.27. The molecular weight excluding hydrogens is 537 g/mol. The maximum atomic E-state index is 13.9. The van der Waals surface area contributed by atoms with Crippen LogP contribution in [0.15, 0.2) is 60.7 Å². The summed E-state index contributed by atoms with van der Waals surface area (Å²) in [5.74, 6) is -3.27. The monoisotopic (exact) mass is 561 g/mol. The van der Waals surface area contributed by atoms with Crippen molar-refractivity contribution in [3.05, 3.63) is 89.0 Å². The van der Waals surface area contributed by atoms with Crippen LogP contribution >= 0.6 is 0 Å². The number of nitrogens with zero attached hydrogens (tertiary/aromatic N) is 2. The third kappa shape index (κ3) is 5.44. The predicted octanol–water partition coefficient (Wildman–Crippen LogP) is 5.71. The minimum absolute atomic E-state index is 0.245. The van der Waals surface area contributed by atoms with E-state index < -0.39 is 41.3 Å². The molecule has 0 saturated carbocycles. The fourth-order valence-electron chi connectivity index (χ4n) is 5.19. The molecule has 210 valence electrons. The Kier molecular flexibility index (Phi) is 7.13. The molecule has 7 nitrogen and oxygen atoms in total. The number of amides is 1. The Morgan fingerprint density at radius 3 is 2.30 bits per heavy atom. The van der Waals surface area contributed by atoms with Crippen molar-refractivity contribution in [3.63, 3.8) is 0 Å². The van der Waals surface area contributed by atoms with E-state index >= 15 is 0 Å². The molecule has 2 heterocycles. The highest BCUT2D eigenvalue weighted by Crippen LogP contribution is 2.42. The zero-order chi connectivity index (χ0) is 28.7. The number of methoxy groups -OCH3 is 1. The van der Waals surface area contributed by atoms with E-state index in [1.54, 1.807) is 0 Å². The number of piperidine rings is 1. The van der Waals surface area contributed by atoms with E-state index in [1.807, 2.05) is 4.90 Å². The van der Waals surface area contributed by atoms with Crippen LogP contribution in [0.5, 0.6) is 5.75 Å². The molecule has 1 amide bonds. The van der Waals surface area contributed by atoms with Crippen molar-refractivity contribution in [2.24, 2.45) is 0 Å². The number of benzene rings is 3. The summed E-state index contributed by atoms with van der Waals surface area (Å²) in [4.78, 5) is 29.5. The number of carbonyl (C=O) groups is 2. The molecule has 3 aromatic carbocycles. The molecule has 1 saturated heterocycles. The lowest BCUT2D eigenvalue weighted by Gasteiger charge is -2.52. The number of anilines is 2. The first-order chi connectivity index (χ1) is 19.0. The first kappa shape index (κ1) is 27.4. The van der Waals surface area contributed by atoms with E-state index in [2.05, 4.69) is 10.1 Å². The van der Waals surface area contributed by atoms with Crippen molar-refractivity contribution in [1.82, 2.24) is 4.90 Å². The lowest BCUT2D eigenvalue weighted by atomic mass is 9.88. The molecule has 0 atom stereocenters. The largest absolute Gasteiger partial charge is 0.573 e. The lowest BCUT2D eigenvalue weighted by molar-refractivity contribution is -0.274. The van der Waals surface area contributed by atoms with Gasteiger partial charge in [-0.2, -0.15) is 0 Å².